The van der Waals surface area contributed by atoms with Crippen molar-refractivity contribution in [3.05, 3.63) is 40.2 Å². The second-order valence-electron chi connectivity index (χ2n) is 4.84. The summed E-state index contributed by atoms with van der Waals surface area (Å²) in [5.74, 6) is 0.0464. The standard InChI is InChI=1S/C14H14N2O2/c1-8-2-5-11-10(6-8)13(17)12(7-15-11)16-14(18)9-3-4-9/h2,5-7,9H,3-4H2,1H3,(H,15,17)(H,16,18). The highest BCUT2D eigenvalue weighted by molar-refractivity contribution is 5.95. The minimum atomic E-state index is -0.124. The number of fused-ring (bicyclic) bond motifs is 1. The van der Waals surface area contributed by atoms with Crippen molar-refractivity contribution in [2.24, 2.45) is 5.92 Å². The molecule has 92 valence electrons. The minimum Gasteiger partial charge on any atom is -0.359 e. The van der Waals surface area contributed by atoms with Crippen LogP contribution in [-0.4, -0.2) is 10.9 Å². The summed E-state index contributed by atoms with van der Waals surface area (Å²) in [4.78, 5) is 26.9. The number of nitrogens with one attached hydrogen (secondary N) is 2. The van der Waals surface area contributed by atoms with Gasteiger partial charge in [0.2, 0.25) is 11.3 Å². The van der Waals surface area contributed by atoms with E-state index in [9.17, 15) is 9.59 Å². The molecule has 0 aliphatic heterocycles. The number of hydrogen-bond acceptors (Lipinski definition) is 2. The van der Waals surface area contributed by atoms with Crippen LogP contribution in [0.25, 0.3) is 10.9 Å². The first-order chi connectivity index (χ1) is 8.65. The van der Waals surface area contributed by atoms with Gasteiger partial charge < -0.3 is 10.3 Å². The average molecular weight is 242 g/mol. The molecule has 3 rings (SSSR count). The largest absolute Gasteiger partial charge is 0.359 e. The monoisotopic (exact) mass is 242 g/mol. The number of aromatic amines is 1. The molecule has 0 unspecified atom stereocenters. The average Bonchev–Trinajstić information content (AvgIpc) is 3.17. The molecule has 4 heteroatoms. The maximum atomic E-state index is 12.2. The Labute approximate surface area is 104 Å². The highest BCUT2D eigenvalue weighted by atomic mass is 16.2. The van der Waals surface area contributed by atoms with E-state index in [0.29, 0.717) is 11.1 Å². The summed E-state index contributed by atoms with van der Waals surface area (Å²) in [6, 6.07) is 5.65. The quantitative estimate of drug-likeness (QED) is 0.847. The Bertz CT molecular complexity index is 684. The van der Waals surface area contributed by atoms with Crippen LogP contribution in [-0.2, 0) is 4.79 Å². The molecule has 1 fully saturated rings. The number of pyridine rings is 1. The molecule has 1 aromatic heterocycles. The van der Waals surface area contributed by atoms with Gasteiger partial charge in [0.15, 0.2) is 0 Å². The Kier molecular flexibility index (Phi) is 2.44. The molecule has 1 aromatic carbocycles. The van der Waals surface area contributed by atoms with Gasteiger partial charge in [0.1, 0.15) is 5.69 Å². The second-order valence-corrected chi connectivity index (χ2v) is 4.84. The van der Waals surface area contributed by atoms with Crippen molar-refractivity contribution >= 4 is 22.5 Å². The van der Waals surface area contributed by atoms with Crippen molar-refractivity contribution < 1.29 is 4.79 Å². The third-order valence-corrected chi connectivity index (χ3v) is 3.24. The van der Waals surface area contributed by atoms with Gasteiger partial charge in [-0.05, 0) is 31.9 Å². The maximum Gasteiger partial charge on any atom is 0.227 e. The van der Waals surface area contributed by atoms with Crippen LogP contribution in [0.4, 0.5) is 5.69 Å². The van der Waals surface area contributed by atoms with Crippen molar-refractivity contribution in [1.29, 1.82) is 0 Å². The summed E-state index contributed by atoms with van der Waals surface area (Å²) in [7, 11) is 0. The summed E-state index contributed by atoms with van der Waals surface area (Å²) in [6.07, 6.45) is 3.42. The van der Waals surface area contributed by atoms with E-state index in [4.69, 9.17) is 0 Å². The fourth-order valence-electron chi connectivity index (χ4n) is 2.01. The molecular weight excluding hydrogens is 228 g/mol. The summed E-state index contributed by atoms with van der Waals surface area (Å²) in [5.41, 5.74) is 2.03. The summed E-state index contributed by atoms with van der Waals surface area (Å²) in [5, 5.41) is 3.32. The lowest BCUT2D eigenvalue weighted by Crippen LogP contribution is -2.19. The molecule has 0 bridgehead atoms. The van der Waals surface area contributed by atoms with Crippen LogP contribution in [0.5, 0.6) is 0 Å². The lowest BCUT2D eigenvalue weighted by molar-refractivity contribution is -0.117. The van der Waals surface area contributed by atoms with E-state index in [1.165, 1.54) is 0 Å². The molecule has 2 aromatic rings. The normalized spacial score (nSPS) is 14.7. The minimum absolute atomic E-state index is 0.0486. The zero-order valence-electron chi connectivity index (χ0n) is 10.1. The lowest BCUT2D eigenvalue weighted by Gasteiger charge is -2.05. The van der Waals surface area contributed by atoms with Crippen LogP contribution in [0.15, 0.2) is 29.2 Å². The van der Waals surface area contributed by atoms with Gasteiger partial charge in [-0.1, -0.05) is 11.6 Å². The fourth-order valence-corrected chi connectivity index (χ4v) is 2.01. The predicted octanol–water partition coefficient (Wildman–Crippen LogP) is 2.19. The molecule has 2 N–H and O–H groups in total. The van der Waals surface area contributed by atoms with Gasteiger partial charge in [0, 0.05) is 23.0 Å². The number of H-pyrrole nitrogens is 1. The first kappa shape index (κ1) is 11.0. The first-order valence-corrected chi connectivity index (χ1v) is 6.08. The summed E-state index contributed by atoms with van der Waals surface area (Å²) in [6.45, 7) is 1.94. The summed E-state index contributed by atoms with van der Waals surface area (Å²) < 4.78 is 0. The number of carbonyl (C=O) groups excluding carboxylic acids is 1. The van der Waals surface area contributed by atoms with Gasteiger partial charge in [-0.15, -0.1) is 0 Å². The van der Waals surface area contributed by atoms with E-state index in [1.54, 1.807) is 6.20 Å². The number of aryl methyl sites for hydroxylation is 1. The molecular formula is C14H14N2O2. The summed E-state index contributed by atoms with van der Waals surface area (Å²) >= 11 is 0. The Morgan fingerprint density at radius 3 is 2.89 bits per heavy atom. The Morgan fingerprint density at radius 1 is 1.39 bits per heavy atom. The zero-order valence-corrected chi connectivity index (χ0v) is 10.1. The third kappa shape index (κ3) is 1.90. The van der Waals surface area contributed by atoms with Gasteiger partial charge in [-0.2, -0.15) is 0 Å². The number of hydrogen-bond donors (Lipinski definition) is 2. The number of amides is 1. The van der Waals surface area contributed by atoms with E-state index in [2.05, 4.69) is 10.3 Å². The molecule has 0 spiro atoms. The molecule has 1 saturated carbocycles. The van der Waals surface area contributed by atoms with E-state index in [-0.39, 0.29) is 17.3 Å². The second kappa shape index (κ2) is 3.98. The topological polar surface area (TPSA) is 62.0 Å². The zero-order chi connectivity index (χ0) is 12.7. The molecule has 0 saturated heterocycles. The van der Waals surface area contributed by atoms with Crippen molar-refractivity contribution in [2.45, 2.75) is 19.8 Å². The van der Waals surface area contributed by atoms with Gasteiger partial charge in [-0.3, -0.25) is 9.59 Å². The van der Waals surface area contributed by atoms with E-state index < -0.39 is 0 Å². The maximum absolute atomic E-state index is 12.2. The number of rotatable bonds is 2. The first-order valence-electron chi connectivity index (χ1n) is 6.08. The predicted molar refractivity (Wildman–Crippen MR) is 70.7 cm³/mol. The van der Waals surface area contributed by atoms with Crippen molar-refractivity contribution in [2.75, 3.05) is 5.32 Å². The van der Waals surface area contributed by atoms with Crippen LogP contribution in [0.3, 0.4) is 0 Å². The molecule has 0 atom stereocenters. The van der Waals surface area contributed by atoms with Crippen LogP contribution in [0, 0.1) is 12.8 Å². The van der Waals surface area contributed by atoms with E-state index in [1.807, 2.05) is 25.1 Å². The van der Waals surface area contributed by atoms with Gasteiger partial charge >= 0.3 is 0 Å². The van der Waals surface area contributed by atoms with E-state index in [0.717, 1.165) is 23.9 Å². The Hall–Kier alpha value is -2.10. The van der Waals surface area contributed by atoms with Crippen LogP contribution < -0.4 is 10.7 Å². The van der Waals surface area contributed by atoms with Gasteiger partial charge in [0.05, 0.1) is 0 Å². The highest BCUT2D eigenvalue weighted by Gasteiger charge is 2.30. The molecule has 1 amide bonds. The third-order valence-electron chi connectivity index (χ3n) is 3.24. The molecule has 18 heavy (non-hydrogen) atoms. The van der Waals surface area contributed by atoms with Gasteiger partial charge in [-0.25, -0.2) is 0 Å². The number of benzene rings is 1. The van der Waals surface area contributed by atoms with Crippen LogP contribution in [0.2, 0.25) is 0 Å². The number of aromatic nitrogens is 1. The van der Waals surface area contributed by atoms with Crippen molar-refractivity contribution in [1.82, 2.24) is 4.98 Å². The molecule has 0 radical (unpaired) electrons. The Morgan fingerprint density at radius 2 is 2.17 bits per heavy atom. The SMILES string of the molecule is Cc1ccc2[nH]cc(NC(=O)C3CC3)c(=O)c2c1. The molecule has 1 aliphatic rings. The lowest BCUT2D eigenvalue weighted by atomic mass is 10.1. The van der Waals surface area contributed by atoms with Crippen molar-refractivity contribution in [3.8, 4) is 0 Å². The van der Waals surface area contributed by atoms with Crippen molar-refractivity contribution in [3.63, 3.8) is 0 Å². The van der Waals surface area contributed by atoms with E-state index >= 15 is 0 Å². The number of carbonyl (C=O) groups is 1. The molecule has 1 aliphatic carbocycles. The van der Waals surface area contributed by atoms with Crippen LogP contribution >= 0.6 is 0 Å². The fraction of sp³-hybridized carbons (Fsp3) is 0.286. The van der Waals surface area contributed by atoms with Gasteiger partial charge in [0.25, 0.3) is 0 Å². The Balaban J connectivity index is 2.04. The highest BCUT2D eigenvalue weighted by Crippen LogP contribution is 2.29. The van der Waals surface area contributed by atoms with Crippen LogP contribution in [0.1, 0.15) is 18.4 Å². The molecule has 1 heterocycles. The molecule has 4 nitrogen and oxygen atoms in total. The smallest absolute Gasteiger partial charge is 0.227 e. The number of anilines is 1.